The second-order valence-corrected chi connectivity index (χ2v) is 7.64. The molecule has 0 fully saturated rings. The van der Waals surface area contributed by atoms with Gasteiger partial charge >= 0.3 is 5.97 Å². The van der Waals surface area contributed by atoms with Crippen LogP contribution in [-0.4, -0.2) is 30.4 Å². The Balaban J connectivity index is 1.38. The lowest BCUT2D eigenvalue weighted by Gasteiger charge is -2.27. The summed E-state index contributed by atoms with van der Waals surface area (Å²) in [6.07, 6.45) is -0.348. The molecular formula is C27H23FO5. The maximum Gasteiger partial charge on any atom is 0.304 e. The van der Waals surface area contributed by atoms with Crippen molar-refractivity contribution in [1.29, 1.82) is 0 Å². The molecule has 0 amide bonds. The highest BCUT2D eigenvalue weighted by Crippen LogP contribution is 2.36. The number of fused-ring (bicyclic) bond motifs is 1. The number of hydrogen-bond acceptors (Lipinski definition) is 4. The van der Waals surface area contributed by atoms with Gasteiger partial charge in [-0.05, 0) is 60.0 Å². The third-order valence-electron chi connectivity index (χ3n) is 5.26. The Morgan fingerprint density at radius 1 is 1.09 bits per heavy atom. The van der Waals surface area contributed by atoms with E-state index in [1.165, 1.54) is 12.1 Å². The standard InChI is InChI=1S/C27H23FO5/c1-2-3-20(15-27(29)30)19-6-11-23(12-7-19)31-16-24-17-32-25-13-8-21(14-26(25)33-24)18-4-9-22(28)10-5-18/h4-14,20,24H,15-17H2,1H3,(H,29,30)/t20-,24-/m0/s1. The van der Waals surface area contributed by atoms with Crippen molar-refractivity contribution >= 4 is 5.97 Å². The molecular weight excluding hydrogens is 423 g/mol. The topological polar surface area (TPSA) is 65.0 Å². The number of carboxylic acids is 1. The minimum absolute atomic E-state index is 0.0480. The van der Waals surface area contributed by atoms with E-state index in [0.717, 1.165) is 16.7 Å². The van der Waals surface area contributed by atoms with Gasteiger partial charge in [-0.25, -0.2) is 4.39 Å². The van der Waals surface area contributed by atoms with Crippen molar-refractivity contribution in [2.75, 3.05) is 13.2 Å². The van der Waals surface area contributed by atoms with Gasteiger partial charge in [0.2, 0.25) is 0 Å². The van der Waals surface area contributed by atoms with E-state index in [9.17, 15) is 9.18 Å². The zero-order valence-electron chi connectivity index (χ0n) is 18.1. The number of aliphatic carboxylic acids is 1. The van der Waals surface area contributed by atoms with Crippen molar-refractivity contribution in [2.24, 2.45) is 0 Å². The Labute approximate surface area is 191 Å². The van der Waals surface area contributed by atoms with Gasteiger partial charge in [-0.2, -0.15) is 0 Å². The van der Waals surface area contributed by atoms with Gasteiger partial charge in [0.15, 0.2) is 17.6 Å². The van der Waals surface area contributed by atoms with Gasteiger partial charge in [-0.15, -0.1) is 5.92 Å². The first-order valence-corrected chi connectivity index (χ1v) is 10.6. The van der Waals surface area contributed by atoms with E-state index in [1.807, 2.05) is 30.3 Å². The lowest BCUT2D eigenvalue weighted by atomic mass is 9.96. The van der Waals surface area contributed by atoms with Crippen molar-refractivity contribution in [2.45, 2.75) is 25.4 Å². The minimum atomic E-state index is -0.889. The van der Waals surface area contributed by atoms with Gasteiger partial charge in [0.05, 0.1) is 12.3 Å². The van der Waals surface area contributed by atoms with Gasteiger partial charge in [0.1, 0.15) is 24.8 Å². The quantitative estimate of drug-likeness (QED) is 0.500. The molecule has 0 bridgehead atoms. The number of hydrogen-bond donors (Lipinski definition) is 1. The van der Waals surface area contributed by atoms with Gasteiger partial charge in [-0.3, -0.25) is 4.79 Å². The Morgan fingerprint density at radius 3 is 2.52 bits per heavy atom. The molecule has 2 atom stereocenters. The minimum Gasteiger partial charge on any atom is -0.490 e. The third kappa shape index (κ3) is 5.64. The number of carboxylic acid groups (broad SMARTS) is 1. The molecule has 168 valence electrons. The number of carbonyl (C=O) groups is 1. The van der Waals surface area contributed by atoms with Crippen LogP contribution < -0.4 is 14.2 Å². The van der Waals surface area contributed by atoms with Crippen LogP contribution in [0.25, 0.3) is 11.1 Å². The highest BCUT2D eigenvalue weighted by atomic mass is 19.1. The Hall–Kier alpha value is -3.98. The first-order chi connectivity index (χ1) is 16.0. The second kappa shape index (κ2) is 10.1. The zero-order chi connectivity index (χ0) is 23.2. The van der Waals surface area contributed by atoms with Crippen LogP contribution in [0.4, 0.5) is 4.39 Å². The fraction of sp³-hybridized carbons (Fsp3) is 0.222. The van der Waals surface area contributed by atoms with Crippen LogP contribution in [0, 0.1) is 17.7 Å². The fourth-order valence-electron chi connectivity index (χ4n) is 3.61. The maximum absolute atomic E-state index is 13.2. The van der Waals surface area contributed by atoms with Gasteiger partial charge < -0.3 is 19.3 Å². The average Bonchev–Trinajstić information content (AvgIpc) is 2.82. The van der Waals surface area contributed by atoms with Crippen LogP contribution in [0.2, 0.25) is 0 Å². The molecule has 0 saturated heterocycles. The van der Waals surface area contributed by atoms with E-state index in [4.69, 9.17) is 19.3 Å². The molecule has 5 nitrogen and oxygen atoms in total. The molecule has 0 spiro atoms. The highest BCUT2D eigenvalue weighted by Gasteiger charge is 2.22. The van der Waals surface area contributed by atoms with Crippen molar-refractivity contribution < 1.29 is 28.5 Å². The van der Waals surface area contributed by atoms with Gasteiger partial charge in [0.25, 0.3) is 0 Å². The normalized spacial score (nSPS) is 15.2. The molecule has 0 aliphatic carbocycles. The molecule has 0 radical (unpaired) electrons. The Bertz CT molecular complexity index is 1180. The summed E-state index contributed by atoms with van der Waals surface area (Å²) in [4.78, 5) is 11.1. The third-order valence-corrected chi connectivity index (χ3v) is 5.26. The summed E-state index contributed by atoms with van der Waals surface area (Å²) in [5.74, 6) is 6.11. The Morgan fingerprint density at radius 2 is 1.82 bits per heavy atom. The lowest BCUT2D eigenvalue weighted by molar-refractivity contribution is -0.137. The summed E-state index contributed by atoms with van der Waals surface area (Å²) >= 11 is 0. The number of ether oxygens (including phenoxy) is 3. The van der Waals surface area contributed by atoms with Crippen LogP contribution in [0.5, 0.6) is 17.2 Å². The van der Waals surface area contributed by atoms with Crippen molar-refractivity contribution in [3.8, 4) is 40.2 Å². The summed E-state index contributed by atoms with van der Waals surface area (Å²) < 4.78 is 31.0. The summed E-state index contributed by atoms with van der Waals surface area (Å²) in [6.45, 7) is 2.33. The second-order valence-electron chi connectivity index (χ2n) is 7.64. The van der Waals surface area contributed by atoms with E-state index in [-0.39, 0.29) is 30.9 Å². The van der Waals surface area contributed by atoms with E-state index < -0.39 is 5.97 Å². The van der Waals surface area contributed by atoms with E-state index in [2.05, 4.69) is 11.8 Å². The van der Waals surface area contributed by atoms with Crippen LogP contribution in [-0.2, 0) is 4.79 Å². The largest absolute Gasteiger partial charge is 0.490 e. The summed E-state index contributed by atoms with van der Waals surface area (Å²) in [6, 6.07) is 19.2. The van der Waals surface area contributed by atoms with Crippen LogP contribution >= 0.6 is 0 Å². The van der Waals surface area contributed by atoms with Gasteiger partial charge in [0, 0.05) is 0 Å². The van der Waals surface area contributed by atoms with Crippen LogP contribution in [0.1, 0.15) is 24.8 Å². The fourth-order valence-corrected chi connectivity index (χ4v) is 3.61. The predicted octanol–water partition coefficient (Wildman–Crippen LogP) is 5.29. The molecule has 6 heteroatoms. The molecule has 1 heterocycles. The van der Waals surface area contributed by atoms with Crippen molar-refractivity contribution in [3.05, 3.63) is 78.1 Å². The molecule has 1 aliphatic heterocycles. The lowest BCUT2D eigenvalue weighted by Crippen LogP contribution is -2.34. The molecule has 33 heavy (non-hydrogen) atoms. The smallest absolute Gasteiger partial charge is 0.304 e. The van der Waals surface area contributed by atoms with Crippen molar-refractivity contribution in [1.82, 2.24) is 0 Å². The summed E-state index contributed by atoms with van der Waals surface area (Å²) in [5.41, 5.74) is 2.62. The number of halogens is 1. The van der Waals surface area contributed by atoms with Crippen LogP contribution in [0.15, 0.2) is 66.7 Å². The molecule has 1 aliphatic rings. The molecule has 3 aromatic carbocycles. The van der Waals surface area contributed by atoms with Crippen molar-refractivity contribution in [3.63, 3.8) is 0 Å². The average molecular weight is 446 g/mol. The number of rotatable bonds is 7. The van der Waals surface area contributed by atoms with E-state index >= 15 is 0 Å². The summed E-state index contributed by atoms with van der Waals surface area (Å²) in [5, 5.41) is 9.08. The van der Waals surface area contributed by atoms with Gasteiger partial charge in [-0.1, -0.05) is 36.3 Å². The van der Waals surface area contributed by atoms with E-state index in [0.29, 0.717) is 23.9 Å². The SMILES string of the molecule is CC#C[C@@H](CC(=O)O)c1ccc(OC[C@H]2COc3ccc(-c4ccc(F)cc4)cc3O2)cc1. The highest BCUT2D eigenvalue weighted by molar-refractivity contribution is 5.69. The van der Waals surface area contributed by atoms with Crippen LogP contribution in [0.3, 0.4) is 0 Å². The molecule has 3 aromatic rings. The predicted molar refractivity (Wildman–Crippen MR) is 122 cm³/mol. The molecule has 0 saturated carbocycles. The molecule has 4 rings (SSSR count). The maximum atomic E-state index is 13.2. The summed E-state index contributed by atoms with van der Waals surface area (Å²) in [7, 11) is 0. The zero-order valence-corrected chi connectivity index (χ0v) is 18.1. The number of benzene rings is 3. The molecule has 0 unspecified atom stereocenters. The first-order valence-electron chi connectivity index (χ1n) is 10.6. The monoisotopic (exact) mass is 446 g/mol. The molecule has 0 aromatic heterocycles. The first kappa shape index (κ1) is 22.2. The molecule has 1 N–H and O–H groups in total. The Kier molecular flexibility index (Phi) is 6.80. The van der Waals surface area contributed by atoms with E-state index in [1.54, 1.807) is 31.2 Å².